The van der Waals surface area contributed by atoms with Crippen molar-refractivity contribution >= 4 is 5.69 Å². The van der Waals surface area contributed by atoms with E-state index in [9.17, 15) is 5.11 Å². The van der Waals surface area contributed by atoms with Crippen molar-refractivity contribution < 1.29 is 5.11 Å². The second kappa shape index (κ2) is 7.02. The lowest BCUT2D eigenvalue weighted by atomic mass is 9.80. The first-order valence-corrected chi connectivity index (χ1v) is 9.52. The zero-order valence-corrected chi connectivity index (χ0v) is 15.8. The number of tetrazole rings is 1. The van der Waals surface area contributed by atoms with Crippen molar-refractivity contribution in [2.75, 3.05) is 5.32 Å². The molecule has 1 fully saturated rings. The van der Waals surface area contributed by atoms with Crippen LogP contribution in [0.3, 0.4) is 0 Å². The lowest BCUT2D eigenvalue weighted by molar-refractivity contribution is 0.309. The van der Waals surface area contributed by atoms with Crippen LogP contribution in [-0.4, -0.2) is 25.3 Å². The Morgan fingerprint density at radius 1 is 1.00 bits per heavy atom. The van der Waals surface area contributed by atoms with Gasteiger partial charge in [-0.1, -0.05) is 43.5 Å². The number of benzene rings is 2. The maximum Gasteiger partial charge on any atom is 0.181 e. The summed E-state index contributed by atoms with van der Waals surface area (Å²) in [7, 11) is 0. The van der Waals surface area contributed by atoms with E-state index in [4.69, 9.17) is 0 Å². The Labute approximate surface area is 159 Å². The molecular weight excluding hydrogens is 338 g/mol. The van der Waals surface area contributed by atoms with Gasteiger partial charge in [-0.3, -0.25) is 0 Å². The standard InChI is InChI=1S/C21H25N5O/c1-15-8-6-9-16(2)19(15)26-20(23-24-25-26)21(12-4-3-5-13-21)22-17-10-7-11-18(27)14-17/h6-11,14,22,27H,3-5,12-13H2,1-2H3. The molecule has 140 valence electrons. The summed E-state index contributed by atoms with van der Waals surface area (Å²) in [5.41, 5.74) is 3.86. The molecule has 4 rings (SSSR count). The largest absolute Gasteiger partial charge is 0.508 e. The van der Waals surface area contributed by atoms with E-state index in [1.165, 1.54) is 6.42 Å². The fraction of sp³-hybridized carbons (Fsp3) is 0.381. The number of aromatic hydroxyl groups is 1. The van der Waals surface area contributed by atoms with Crippen molar-refractivity contribution in [1.82, 2.24) is 20.2 Å². The van der Waals surface area contributed by atoms with Crippen molar-refractivity contribution in [1.29, 1.82) is 0 Å². The SMILES string of the molecule is Cc1cccc(C)c1-n1nnnc1C1(Nc2cccc(O)c2)CCCCC1. The van der Waals surface area contributed by atoms with E-state index in [1.807, 2.05) is 16.8 Å². The molecule has 6 nitrogen and oxygen atoms in total. The van der Waals surface area contributed by atoms with Crippen LogP contribution in [-0.2, 0) is 5.54 Å². The lowest BCUT2D eigenvalue weighted by Crippen LogP contribution is -2.40. The normalized spacial score (nSPS) is 16.2. The van der Waals surface area contributed by atoms with Gasteiger partial charge in [0.05, 0.1) is 11.2 Å². The third kappa shape index (κ3) is 3.27. The molecule has 2 N–H and O–H groups in total. The number of phenols is 1. The molecule has 3 aromatic rings. The van der Waals surface area contributed by atoms with Gasteiger partial charge < -0.3 is 10.4 Å². The minimum absolute atomic E-state index is 0.250. The molecule has 1 heterocycles. The van der Waals surface area contributed by atoms with Crippen LogP contribution in [0.15, 0.2) is 42.5 Å². The van der Waals surface area contributed by atoms with E-state index in [-0.39, 0.29) is 11.3 Å². The first-order valence-electron chi connectivity index (χ1n) is 9.52. The summed E-state index contributed by atoms with van der Waals surface area (Å²) in [6.07, 6.45) is 5.35. The molecule has 0 unspecified atom stereocenters. The van der Waals surface area contributed by atoms with Gasteiger partial charge in [0.15, 0.2) is 5.82 Å². The van der Waals surface area contributed by atoms with Crippen LogP contribution in [0.4, 0.5) is 5.69 Å². The number of anilines is 1. The van der Waals surface area contributed by atoms with Gasteiger partial charge in [-0.25, -0.2) is 0 Å². The molecule has 1 aliphatic rings. The number of hydrogen-bond acceptors (Lipinski definition) is 5. The number of nitrogens with one attached hydrogen (secondary N) is 1. The summed E-state index contributed by atoms with van der Waals surface area (Å²) in [4.78, 5) is 0. The number of phenolic OH excluding ortho intramolecular Hbond substituents is 1. The second-order valence-electron chi connectivity index (χ2n) is 7.47. The maximum absolute atomic E-state index is 9.88. The zero-order valence-electron chi connectivity index (χ0n) is 15.8. The van der Waals surface area contributed by atoms with E-state index < -0.39 is 0 Å². The van der Waals surface area contributed by atoms with Crippen LogP contribution >= 0.6 is 0 Å². The van der Waals surface area contributed by atoms with E-state index in [1.54, 1.807) is 12.1 Å². The van der Waals surface area contributed by atoms with Crippen LogP contribution in [0.5, 0.6) is 5.75 Å². The molecule has 27 heavy (non-hydrogen) atoms. The highest BCUT2D eigenvalue weighted by atomic mass is 16.3. The number of nitrogens with zero attached hydrogens (tertiary/aromatic N) is 4. The highest BCUT2D eigenvalue weighted by Gasteiger charge is 2.39. The molecule has 1 aliphatic carbocycles. The van der Waals surface area contributed by atoms with Crippen molar-refractivity contribution in [2.24, 2.45) is 0 Å². The van der Waals surface area contributed by atoms with Gasteiger partial charge in [0, 0.05) is 11.8 Å². The van der Waals surface area contributed by atoms with Crippen LogP contribution < -0.4 is 5.32 Å². The molecule has 2 aromatic carbocycles. The molecule has 0 atom stereocenters. The van der Waals surface area contributed by atoms with Gasteiger partial charge in [0.25, 0.3) is 0 Å². The van der Waals surface area contributed by atoms with Crippen molar-refractivity contribution in [3.63, 3.8) is 0 Å². The van der Waals surface area contributed by atoms with E-state index in [0.717, 1.165) is 54.0 Å². The Bertz CT molecular complexity index is 923. The number of para-hydroxylation sites is 1. The fourth-order valence-corrected chi connectivity index (χ4v) is 4.20. The van der Waals surface area contributed by atoms with Gasteiger partial charge in [0.1, 0.15) is 5.75 Å². The predicted molar refractivity (Wildman–Crippen MR) is 105 cm³/mol. The maximum atomic E-state index is 9.88. The summed E-state index contributed by atoms with van der Waals surface area (Å²) in [5.74, 6) is 1.09. The van der Waals surface area contributed by atoms with Gasteiger partial charge in [0.2, 0.25) is 0 Å². The van der Waals surface area contributed by atoms with Crippen LogP contribution in [0.25, 0.3) is 5.69 Å². The third-order valence-electron chi connectivity index (χ3n) is 5.49. The van der Waals surface area contributed by atoms with Crippen LogP contribution in [0, 0.1) is 13.8 Å². The molecule has 0 saturated heterocycles. The molecule has 0 amide bonds. The quantitative estimate of drug-likeness (QED) is 0.724. The zero-order chi connectivity index (χ0) is 18.9. The topological polar surface area (TPSA) is 75.9 Å². The van der Waals surface area contributed by atoms with E-state index in [0.29, 0.717) is 0 Å². The Balaban J connectivity index is 1.82. The van der Waals surface area contributed by atoms with Gasteiger partial charge >= 0.3 is 0 Å². The fourth-order valence-electron chi connectivity index (χ4n) is 4.20. The Morgan fingerprint density at radius 3 is 2.41 bits per heavy atom. The minimum Gasteiger partial charge on any atom is -0.508 e. The predicted octanol–water partition coefficient (Wildman–Crippen LogP) is 4.26. The lowest BCUT2D eigenvalue weighted by Gasteiger charge is -2.38. The average Bonchev–Trinajstić information content (AvgIpc) is 3.12. The summed E-state index contributed by atoms with van der Waals surface area (Å²) in [6.45, 7) is 4.17. The first-order chi connectivity index (χ1) is 13.1. The Hall–Kier alpha value is -2.89. The number of aryl methyl sites for hydroxylation is 2. The second-order valence-corrected chi connectivity index (χ2v) is 7.47. The summed E-state index contributed by atoms with van der Waals surface area (Å²) < 4.78 is 1.89. The molecule has 0 aliphatic heterocycles. The van der Waals surface area contributed by atoms with Crippen molar-refractivity contribution in [2.45, 2.75) is 51.5 Å². The third-order valence-corrected chi connectivity index (χ3v) is 5.49. The Kier molecular flexibility index (Phi) is 4.56. The van der Waals surface area contributed by atoms with Crippen molar-refractivity contribution in [3.05, 3.63) is 59.4 Å². The van der Waals surface area contributed by atoms with Crippen LogP contribution in [0.1, 0.15) is 49.1 Å². The molecular formula is C21H25N5O. The van der Waals surface area contributed by atoms with Crippen molar-refractivity contribution in [3.8, 4) is 11.4 Å². The molecule has 0 bridgehead atoms. The summed E-state index contributed by atoms with van der Waals surface area (Å²) >= 11 is 0. The highest BCUT2D eigenvalue weighted by Crippen LogP contribution is 2.40. The monoisotopic (exact) mass is 363 g/mol. The average molecular weight is 363 g/mol. The number of hydrogen-bond donors (Lipinski definition) is 2. The first kappa shape index (κ1) is 17.5. The molecule has 6 heteroatoms. The van der Waals surface area contributed by atoms with E-state index >= 15 is 0 Å². The summed E-state index contributed by atoms with van der Waals surface area (Å²) in [6, 6.07) is 13.5. The van der Waals surface area contributed by atoms with Gasteiger partial charge in [-0.05, 0) is 60.4 Å². The van der Waals surface area contributed by atoms with Gasteiger partial charge in [-0.2, -0.15) is 4.68 Å². The molecule has 1 saturated carbocycles. The summed E-state index contributed by atoms with van der Waals surface area (Å²) in [5, 5.41) is 26.4. The molecule has 0 spiro atoms. The van der Waals surface area contributed by atoms with Gasteiger partial charge in [-0.15, -0.1) is 5.10 Å². The molecule has 1 aromatic heterocycles. The molecule has 0 radical (unpaired) electrons. The number of aromatic nitrogens is 4. The smallest absolute Gasteiger partial charge is 0.181 e. The number of rotatable bonds is 4. The Morgan fingerprint density at radius 2 is 1.70 bits per heavy atom. The minimum atomic E-state index is -0.357. The highest BCUT2D eigenvalue weighted by molar-refractivity contribution is 5.52. The van der Waals surface area contributed by atoms with E-state index in [2.05, 4.69) is 52.9 Å². The van der Waals surface area contributed by atoms with Crippen LogP contribution in [0.2, 0.25) is 0 Å².